The largest absolute Gasteiger partial charge is 0.508 e. The van der Waals surface area contributed by atoms with E-state index in [0.29, 0.717) is 0 Å². The molecule has 1 aliphatic rings. The van der Waals surface area contributed by atoms with Crippen LogP contribution < -0.4 is 16.0 Å². The van der Waals surface area contributed by atoms with Gasteiger partial charge in [0, 0.05) is 35.7 Å². The van der Waals surface area contributed by atoms with Gasteiger partial charge in [0.05, 0.1) is 12.7 Å². The Morgan fingerprint density at radius 1 is 1.29 bits per heavy atom. The van der Waals surface area contributed by atoms with Gasteiger partial charge in [0.25, 0.3) is 0 Å². The molecule has 3 amide bonds. The predicted octanol–water partition coefficient (Wildman–Crippen LogP) is 0.0482. The Morgan fingerprint density at radius 2 is 2.00 bits per heavy atom. The van der Waals surface area contributed by atoms with E-state index >= 15 is 0 Å². The molecule has 0 aromatic heterocycles. The number of aromatic hydroxyl groups is 1. The molecule has 0 saturated carbocycles. The number of hydrogen-bond donors (Lipinski definition) is 5. The van der Waals surface area contributed by atoms with Gasteiger partial charge in [-0.2, -0.15) is 11.8 Å². The minimum atomic E-state index is -1.54. The zero-order valence-corrected chi connectivity index (χ0v) is 17.4. The number of ether oxygens (including phenoxy) is 2. The van der Waals surface area contributed by atoms with Crippen LogP contribution in [0.15, 0.2) is 12.1 Å². The molecule has 2 rings (SSSR count). The molecule has 0 spiro atoms. The van der Waals surface area contributed by atoms with Crippen molar-refractivity contribution >= 4 is 47.3 Å². The summed E-state index contributed by atoms with van der Waals surface area (Å²) in [6, 6.07) is -0.0646. The Morgan fingerprint density at radius 3 is 2.61 bits per heavy atom. The fourth-order valence-electron chi connectivity index (χ4n) is 2.70. The van der Waals surface area contributed by atoms with Crippen molar-refractivity contribution in [1.29, 1.82) is 0 Å². The number of esters is 2. The summed E-state index contributed by atoms with van der Waals surface area (Å²) >= 11 is 1.11. The number of cyclic esters (lactones) is 1. The topological polar surface area (TPSA) is 180 Å². The van der Waals surface area contributed by atoms with Crippen molar-refractivity contribution in [2.75, 3.05) is 24.8 Å². The number of rotatable bonds is 3. The summed E-state index contributed by atoms with van der Waals surface area (Å²) in [5.74, 6) is -3.22. The van der Waals surface area contributed by atoms with E-state index < -0.39 is 48.5 Å². The minimum absolute atomic E-state index is 0.0135. The standard InChI is InChI=1S/C18H21N3O9S/c1-8(22)19-9-3-10-11(14(23)4-9)6-31-7-13(17(26)29-2)20-15(24)12(21-18(27)28)5-30-16(10)25/h3-4,12-13,21,23H,5-7H2,1-2H3,(H,19,22)(H,20,24)(H,27,28)/t12-,13-/m0/s1. The Bertz CT molecular complexity index is 906. The lowest BCUT2D eigenvalue weighted by atomic mass is 10.1. The van der Waals surface area contributed by atoms with E-state index in [1.807, 2.05) is 5.32 Å². The van der Waals surface area contributed by atoms with Gasteiger partial charge in [-0.15, -0.1) is 0 Å². The zero-order valence-electron chi connectivity index (χ0n) is 16.6. The normalized spacial score (nSPS) is 19.4. The molecule has 1 heterocycles. The van der Waals surface area contributed by atoms with Gasteiger partial charge in [-0.05, 0) is 6.07 Å². The smallest absolute Gasteiger partial charge is 0.405 e. The molecular weight excluding hydrogens is 434 g/mol. The van der Waals surface area contributed by atoms with E-state index in [2.05, 4.69) is 15.4 Å². The van der Waals surface area contributed by atoms with Crippen LogP contribution in [0.3, 0.4) is 0 Å². The van der Waals surface area contributed by atoms with Crippen molar-refractivity contribution in [1.82, 2.24) is 10.6 Å². The molecule has 0 fully saturated rings. The third-order valence-electron chi connectivity index (χ3n) is 4.10. The summed E-state index contributed by atoms with van der Waals surface area (Å²) in [4.78, 5) is 59.4. The van der Waals surface area contributed by atoms with Gasteiger partial charge in [0.2, 0.25) is 11.8 Å². The Labute approximate surface area is 180 Å². The van der Waals surface area contributed by atoms with E-state index in [-0.39, 0.29) is 34.1 Å². The number of carbonyl (C=O) groups is 5. The summed E-state index contributed by atoms with van der Waals surface area (Å²) in [6.07, 6.45) is -1.54. The highest BCUT2D eigenvalue weighted by Crippen LogP contribution is 2.31. The van der Waals surface area contributed by atoms with Crippen LogP contribution in [0.4, 0.5) is 10.5 Å². The van der Waals surface area contributed by atoms with Crippen LogP contribution in [0.1, 0.15) is 22.8 Å². The van der Waals surface area contributed by atoms with Gasteiger partial charge in [0.1, 0.15) is 24.4 Å². The molecule has 0 aliphatic carbocycles. The highest BCUT2D eigenvalue weighted by molar-refractivity contribution is 7.98. The number of benzene rings is 1. The van der Waals surface area contributed by atoms with Crippen molar-refractivity contribution in [2.24, 2.45) is 0 Å². The van der Waals surface area contributed by atoms with Gasteiger partial charge >= 0.3 is 18.0 Å². The lowest BCUT2D eigenvalue weighted by Crippen LogP contribution is -2.54. The summed E-state index contributed by atoms with van der Waals surface area (Å²) in [5.41, 5.74) is 0.242. The molecule has 12 nitrogen and oxygen atoms in total. The highest BCUT2D eigenvalue weighted by Gasteiger charge is 2.30. The monoisotopic (exact) mass is 455 g/mol. The van der Waals surface area contributed by atoms with Crippen LogP contribution in [0.2, 0.25) is 0 Å². The number of amides is 3. The van der Waals surface area contributed by atoms with Crippen LogP contribution in [0.25, 0.3) is 0 Å². The maximum absolute atomic E-state index is 12.6. The Kier molecular flexibility index (Phi) is 8.07. The zero-order chi connectivity index (χ0) is 23.1. The van der Waals surface area contributed by atoms with E-state index in [1.54, 1.807) is 0 Å². The first kappa shape index (κ1) is 23.8. The number of carbonyl (C=O) groups excluding carboxylic acids is 4. The van der Waals surface area contributed by atoms with Crippen LogP contribution >= 0.6 is 11.8 Å². The quantitative estimate of drug-likeness (QED) is 0.391. The summed E-state index contributed by atoms with van der Waals surface area (Å²) in [5, 5.41) is 26.1. The number of thioether (sulfide) groups is 1. The van der Waals surface area contributed by atoms with Gasteiger partial charge in [0.15, 0.2) is 0 Å². The molecule has 1 aromatic carbocycles. The number of fused-ring (bicyclic) bond motifs is 1. The van der Waals surface area contributed by atoms with Gasteiger partial charge in [-0.3, -0.25) is 9.59 Å². The molecule has 1 aliphatic heterocycles. The number of anilines is 1. The molecule has 0 saturated heterocycles. The average Bonchev–Trinajstić information content (AvgIpc) is 2.68. The second-order valence-corrected chi connectivity index (χ2v) is 7.43. The molecular formula is C18H21N3O9S. The number of phenolic OH excluding ortho intramolecular Hbond substituents is 1. The van der Waals surface area contributed by atoms with Crippen molar-refractivity contribution in [3.05, 3.63) is 23.3 Å². The van der Waals surface area contributed by atoms with Crippen molar-refractivity contribution in [2.45, 2.75) is 24.8 Å². The maximum atomic E-state index is 12.6. The first-order chi connectivity index (χ1) is 14.6. The van der Waals surface area contributed by atoms with E-state index in [1.165, 1.54) is 19.1 Å². The summed E-state index contributed by atoms with van der Waals surface area (Å²) < 4.78 is 9.75. The first-order valence-electron chi connectivity index (χ1n) is 8.88. The SMILES string of the molecule is COC(=O)[C@@H]1CSCc2c(O)cc(NC(C)=O)cc2C(=O)OC[C@H](NC(=O)O)C(=O)N1. The number of carboxylic acid groups (broad SMARTS) is 1. The molecule has 13 heteroatoms. The lowest BCUT2D eigenvalue weighted by molar-refractivity contribution is -0.144. The molecule has 5 N–H and O–H groups in total. The molecule has 0 radical (unpaired) electrons. The van der Waals surface area contributed by atoms with Crippen molar-refractivity contribution in [3.8, 4) is 5.75 Å². The van der Waals surface area contributed by atoms with Crippen LogP contribution in [-0.4, -0.2) is 71.6 Å². The van der Waals surface area contributed by atoms with Gasteiger partial charge < -0.3 is 35.6 Å². The van der Waals surface area contributed by atoms with Crippen LogP contribution in [0, 0.1) is 0 Å². The predicted molar refractivity (Wildman–Crippen MR) is 108 cm³/mol. The van der Waals surface area contributed by atoms with Gasteiger partial charge in [-0.1, -0.05) is 0 Å². The van der Waals surface area contributed by atoms with Crippen molar-refractivity contribution < 1.29 is 43.7 Å². The Hall–Kier alpha value is -3.48. The number of phenols is 1. The molecule has 168 valence electrons. The number of methoxy groups -OCH3 is 1. The van der Waals surface area contributed by atoms with Crippen LogP contribution in [0.5, 0.6) is 5.75 Å². The summed E-state index contributed by atoms with van der Waals surface area (Å²) in [7, 11) is 1.13. The van der Waals surface area contributed by atoms with E-state index in [9.17, 15) is 29.1 Å². The fourth-order valence-corrected chi connectivity index (χ4v) is 3.78. The average molecular weight is 455 g/mol. The van der Waals surface area contributed by atoms with E-state index in [0.717, 1.165) is 18.9 Å². The second kappa shape index (κ2) is 10.5. The molecule has 1 aromatic rings. The molecule has 31 heavy (non-hydrogen) atoms. The fraction of sp³-hybridized carbons (Fsp3) is 0.389. The van der Waals surface area contributed by atoms with E-state index in [4.69, 9.17) is 9.84 Å². The first-order valence-corrected chi connectivity index (χ1v) is 10.0. The lowest BCUT2D eigenvalue weighted by Gasteiger charge is -2.23. The maximum Gasteiger partial charge on any atom is 0.405 e. The molecule has 0 unspecified atom stereocenters. The summed E-state index contributed by atoms with van der Waals surface area (Å²) in [6.45, 7) is 0.571. The highest BCUT2D eigenvalue weighted by atomic mass is 32.2. The van der Waals surface area contributed by atoms with Gasteiger partial charge in [-0.25, -0.2) is 14.4 Å². The third kappa shape index (κ3) is 6.50. The number of nitrogens with one attached hydrogen (secondary N) is 3. The third-order valence-corrected chi connectivity index (χ3v) is 5.16. The van der Waals surface area contributed by atoms with Crippen LogP contribution in [-0.2, 0) is 29.6 Å². The number of hydrogen-bond acceptors (Lipinski definition) is 9. The molecule has 2 atom stereocenters. The minimum Gasteiger partial charge on any atom is -0.508 e. The molecule has 0 bridgehead atoms. The Balaban J connectivity index is 2.44. The second-order valence-electron chi connectivity index (χ2n) is 6.40. The van der Waals surface area contributed by atoms with Crippen molar-refractivity contribution in [3.63, 3.8) is 0 Å².